The van der Waals surface area contributed by atoms with Gasteiger partial charge in [0.2, 0.25) is 0 Å². The van der Waals surface area contributed by atoms with Gasteiger partial charge >= 0.3 is 0 Å². The van der Waals surface area contributed by atoms with Crippen molar-refractivity contribution < 1.29 is 9.47 Å². The Bertz CT molecular complexity index is 308. The second kappa shape index (κ2) is 3.68. The van der Waals surface area contributed by atoms with Gasteiger partial charge in [-0.25, -0.2) is 0 Å². The van der Waals surface area contributed by atoms with Gasteiger partial charge in [0.15, 0.2) is 0 Å². The summed E-state index contributed by atoms with van der Waals surface area (Å²) in [6, 6.07) is 6.08. The lowest BCUT2D eigenvalue weighted by Gasteiger charge is -2.27. The number of hydrogen-bond acceptors (Lipinski definition) is 2. The first-order valence-corrected chi connectivity index (χ1v) is 5.01. The minimum Gasteiger partial charge on any atom is -0.496 e. The molecule has 0 unspecified atom stereocenters. The van der Waals surface area contributed by atoms with Crippen LogP contribution in [0, 0.1) is 0 Å². The average Bonchev–Trinajstić information content (AvgIpc) is 2.02. The van der Waals surface area contributed by atoms with Crippen LogP contribution in [0.25, 0.3) is 0 Å². The summed E-state index contributed by atoms with van der Waals surface area (Å²) in [4.78, 5) is 0. The molecule has 0 spiro atoms. The van der Waals surface area contributed by atoms with E-state index in [1.54, 1.807) is 7.11 Å². The van der Waals surface area contributed by atoms with Gasteiger partial charge in [-0.05, 0) is 18.2 Å². The van der Waals surface area contributed by atoms with Crippen molar-refractivity contribution in [2.24, 2.45) is 0 Å². The molecule has 1 heterocycles. The predicted octanol–water partition coefficient (Wildman–Crippen LogP) is 2.57. The third-order valence-electron chi connectivity index (χ3n) is 2.27. The SMILES string of the molecule is COc1ccc(Br)cc1C1COC1. The van der Waals surface area contributed by atoms with Crippen molar-refractivity contribution in [3.8, 4) is 5.75 Å². The van der Waals surface area contributed by atoms with E-state index < -0.39 is 0 Å². The molecule has 0 atom stereocenters. The maximum Gasteiger partial charge on any atom is 0.122 e. The predicted molar refractivity (Wildman–Crippen MR) is 54.3 cm³/mol. The molecule has 0 bridgehead atoms. The molecule has 1 aromatic carbocycles. The van der Waals surface area contributed by atoms with Crippen LogP contribution in [-0.4, -0.2) is 20.3 Å². The highest BCUT2D eigenvalue weighted by molar-refractivity contribution is 9.10. The topological polar surface area (TPSA) is 18.5 Å². The highest BCUT2D eigenvalue weighted by Gasteiger charge is 2.23. The molecule has 1 fully saturated rings. The third kappa shape index (κ3) is 1.71. The van der Waals surface area contributed by atoms with E-state index in [1.807, 2.05) is 12.1 Å². The van der Waals surface area contributed by atoms with E-state index in [-0.39, 0.29) is 0 Å². The second-order valence-corrected chi connectivity index (χ2v) is 4.04. The molecule has 0 aromatic heterocycles. The Kier molecular flexibility index (Phi) is 2.56. The number of rotatable bonds is 2. The van der Waals surface area contributed by atoms with Crippen LogP contribution in [0.15, 0.2) is 22.7 Å². The van der Waals surface area contributed by atoms with E-state index in [0.717, 1.165) is 23.4 Å². The average molecular weight is 243 g/mol. The van der Waals surface area contributed by atoms with Gasteiger partial charge in [0.05, 0.1) is 20.3 Å². The molecule has 1 saturated heterocycles. The van der Waals surface area contributed by atoms with E-state index in [1.165, 1.54) is 5.56 Å². The summed E-state index contributed by atoms with van der Waals surface area (Å²) in [6.45, 7) is 1.62. The fourth-order valence-corrected chi connectivity index (χ4v) is 1.82. The minimum atomic E-state index is 0.507. The van der Waals surface area contributed by atoms with E-state index >= 15 is 0 Å². The van der Waals surface area contributed by atoms with Crippen LogP contribution in [0.3, 0.4) is 0 Å². The Morgan fingerprint density at radius 3 is 2.77 bits per heavy atom. The summed E-state index contributed by atoms with van der Waals surface area (Å²) >= 11 is 3.45. The molecule has 1 aliphatic rings. The molecule has 0 radical (unpaired) electrons. The molecule has 2 nitrogen and oxygen atoms in total. The monoisotopic (exact) mass is 242 g/mol. The molecule has 3 heteroatoms. The highest BCUT2D eigenvalue weighted by Crippen LogP contribution is 2.33. The zero-order valence-electron chi connectivity index (χ0n) is 7.42. The van der Waals surface area contributed by atoms with Crippen molar-refractivity contribution in [2.75, 3.05) is 20.3 Å². The molecule has 0 N–H and O–H groups in total. The molecule has 0 saturated carbocycles. The van der Waals surface area contributed by atoms with Crippen molar-refractivity contribution in [1.82, 2.24) is 0 Å². The first kappa shape index (κ1) is 9.03. The highest BCUT2D eigenvalue weighted by atomic mass is 79.9. The Morgan fingerprint density at radius 2 is 2.23 bits per heavy atom. The molecule has 0 amide bonds. The summed E-state index contributed by atoms with van der Waals surface area (Å²) in [7, 11) is 1.70. The molecule has 0 aliphatic carbocycles. The maximum atomic E-state index is 5.28. The summed E-state index contributed by atoms with van der Waals surface area (Å²) in [6.07, 6.45) is 0. The lowest BCUT2D eigenvalue weighted by atomic mass is 9.97. The fraction of sp³-hybridized carbons (Fsp3) is 0.400. The van der Waals surface area contributed by atoms with Crippen molar-refractivity contribution in [1.29, 1.82) is 0 Å². The third-order valence-corrected chi connectivity index (χ3v) is 2.76. The van der Waals surface area contributed by atoms with Gasteiger partial charge in [-0.1, -0.05) is 15.9 Å². The van der Waals surface area contributed by atoms with Crippen LogP contribution >= 0.6 is 15.9 Å². The lowest BCUT2D eigenvalue weighted by Crippen LogP contribution is -2.25. The first-order valence-electron chi connectivity index (χ1n) is 4.22. The molecule has 2 rings (SSSR count). The van der Waals surface area contributed by atoms with Crippen LogP contribution in [0.5, 0.6) is 5.75 Å². The molecule has 70 valence electrons. The standard InChI is InChI=1S/C10H11BrO2/c1-12-10-3-2-8(11)4-9(10)7-5-13-6-7/h2-4,7H,5-6H2,1H3. The number of benzene rings is 1. The Hall–Kier alpha value is -0.540. The maximum absolute atomic E-state index is 5.28. The van der Waals surface area contributed by atoms with Gasteiger partial charge in [-0.2, -0.15) is 0 Å². The lowest BCUT2D eigenvalue weighted by molar-refractivity contribution is 0.00751. The van der Waals surface area contributed by atoms with E-state index in [4.69, 9.17) is 9.47 Å². The quantitative estimate of drug-likeness (QED) is 0.794. The first-order chi connectivity index (χ1) is 6.31. The Balaban J connectivity index is 2.33. The zero-order valence-corrected chi connectivity index (χ0v) is 9.00. The second-order valence-electron chi connectivity index (χ2n) is 3.12. The van der Waals surface area contributed by atoms with Crippen LogP contribution in [0.2, 0.25) is 0 Å². The number of ether oxygens (including phenoxy) is 2. The minimum absolute atomic E-state index is 0.507. The van der Waals surface area contributed by atoms with Gasteiger partial charge in [0, 0.05) is 16.0 Å². The van der Waals surface area contributed by atoms with Crippen LogP contribution in [0.1, 0.15) is 11.5 Å². The summed E-state index contributed by atoms with van der Waals surface area (Å²) in [5, 5.41) is 0. The molecule has 1 aromatic rings. The van der Waals surface area contributed by atoms with E-state index in [2.05, 4.69) is 22.0 Å². The molecule has 1 aliphatic heterocycles. The van der Waals surface area contributed by atoms with Crippen molar-refractivity contribution in [2.45, 2.75) is 5.92 Å². The van der Waals surface area contributed by atoms with E-state index in [9.17, 15) is 0 Å². The summed E-state index contributed by atoms with van der Waals surface area (Å²) in [5.74, 6) is 1.46. The van der Waals surface area contributed by atoms with Crippen LogP contribution in [-0.2, 0) is 4.74 Å². The Labute approximate surface area is 86.0 Å². The van der Waals surface area contributed by atoms with Gasteiger partial charge in [-0.3, -0.25) is 0 Å². The summed E-state index contributed by atoms with van der Waals surface area (Å²) < 4.78 is 11.5. The van der Waals surface area contributed by atoms with Gasteiger partial charge in [0.25, 0.3) is 0 Å². The van der Waals surface area contributed by atoms with Crippen molar-refractivity contribution in [3.63, 3.8) is 0 Å². The molecular formula is C10H11BrO2. The molecular weight excluding hydrogens is 232 g/mol. The fourth-order valence-electron chi connectivity index (χ4n) is 1.44. The van der Waals surface area contributed by atoms with Gasteiger partial charge in [-0.15, -0.1) is 0 Å². The van der Waals surface area contributed by atoms with Crippen LogP contribution < -0.4 is 4.74 Å². The Morgan fingerprint density at radius 1 is 1.46 bits per heavy atom. The van der Waals surface area contributed by atoms with Crippen molar-refractivity contribution in [3.05, 3.63) is 28.2 Å². The number of halogens is 1. The van der Waals surface area contributed by atoms with Crippen LogP contribution in [0.4, 0.5) is 0 Å². The van der Waals surface area contributed by atoms with E-state index in [0.29, 0.717) is 5.92 Å². The largest absolute Gasteiger partial charge is 0.496 e. The molecule has 13 heavy (non-hydrogen) atoms. The smallest absolute Gasteiger partial charge is 0.122 e. The van der Waals surface area contributed by atoms with Gasteiger partial charge in [0.1, 0.15) is 5.75 Å². The number of methoxy groups -OCH3 is 1. The van der Waals surface area contributed by atoms with Gasteiger partial charge < -0.3 is 9.47 Å². The number of hydrogen-bond donors (Lipinski definition) is 0. The zero-order chi connectivity index (χ0) is 9.26. The normalized spacial score (nSPS) is 16.8. The van der Waals surface area contributed by atoms with Crippen molar-refractivity contribution >= 4 is 15.9 Å². The summed E-state index contributed by atoms with van der Waals surface area (Å²) in [5.41, 5.74) is 1.24.